The van der Waals surface area contributed by atoms with E-state index >= 15 is 0 Å². The van der Waals surface area contributed by atoms with Crippen molar-refractivity contribution < 1.29 is 23.1 Å². The lowest BCUT2D eigenvalue weighted by molar-refractivity contribution is -0.146. The van der Waals surface area contributed by atoms with E-state index in [-0.39, 0.29) is 18.4 Å². The molecule has 1 rings (SSSR count). The molecule has 0 spiro atoms. The van der Waals surface area contributed by atoms with Crippen LogP contribution in [0.25, 0.3) is 0 Å². The minimum Gasteiger partial charge on any atom is -0.468 e. The van der Waals surface area contributed by atoms with Crippen LogP contribution in [0.15, 0.2) is 18.2 Å². The van der Waals surface area contributed by atoms with Gasteiger partial charge in [-0.25, -0.2) is 4.57 Å². The van der Waals surface area contributed by atoms with Gasteiger partial charge in [0.25, 0.3) is 0 Å². The zero-order chi connectivity index (χ0) is 20.1. The number of para-hydroxylation sites is 1. The van der Waals surface area contributed by atoms with Crippen molar-refractivity contribution in [3.63, 3.8) is 0 Å². The van der Waals surface area contributed by atoms with Gasteiger partial charge in [0.05, 0.1) is 13.7 Å². The molecule has 0 fully saturated rings. The Kier molecular flexibility index (Phi) is 7.87. The van der Waals surface area contributed by atoms with Crippen LogP contribution in [0.4, 0.5) is 0 Å². The monoisotopic (exact) mass is 385 g/mol. The highest BCUT2D eigenvalue weighted by Crippen LogP contribution is 2.50. The standard InChI is InChI=1S/C19H32NO5P/c1-9-24-26(22,20-19(6,7)18(21)23-8)25-17-15(13(2)3)11-10-12-16(17)14(4)5/h10-14H,9H2,1-8H3,(H,20,22). The van der Waals surface area contributed by atoms with Crippen molar-refractivity contribution in [1.82, 2.24) is 5.09 Å². The van der Waals surface area contributed by atoms with Gasteiger partial charge in [0.2, 0.25) is 0 Å². The molecule has 0 radical (unpaired) electrons. The van der Waals surface area contributed by atoms with Gasteiger partial charge in [0, 0.05) is 0 Å². The molecule has 26 heavy (non-hydrogen) atoms. The number of esters is 1. The number of carbonyl (C=O) groups excluding carboxylic acids is 1. The Morgan fingerprint density at radius 3 is 2.04 bits per heavy atom. The molecule has 0 aliphatic carbocycles. The summed E-state index contributed by atoms with van der Waals surface area (Å²) in [6, 6.07) is 5.87. The Labute approximate surface area is 157 Å². The van der Waals surface area contributed by atoms with Gasteiger partial charge in [0.1, 0.15) is 11.3 Å². The topological polar surface area (TPSA) is 73.9 Å². The summed E-state index contributed by atoms with van der Waals surface area (Å²) >= 11 is 0. The van der Waals surface area contributed by atoms with Gasteiger partial charge in [-0.1, -0.05) is 45.9 Å². The van der Waals surface area contributed by atoms with Crippen LogP contribution in [-0.4, -0.2) is 25.2 Å². The number of nitrogens with one attached hydrogen (secondary N) is 1. The molecule has 0 bridgehead atoms. The minimum atomic E-state index is -3.81. The molecule has 0 saturated heterocycles. The molecule has 1 unspecified atom stereocenters. The third-order valence-electron chi connectivity index (χ3n) is 3.94. The molecule has 0 heterocycles. The van der Waals surface area contributed by atoms with Crippen LogP contribution in [0.5, 0.6) is 5.75 Å². The van der Waals surface area contributed by atoms with Gasteiger partial charge in [-0.15, -0.1) is 0 Å². The first-order chi connectivity index (χ1) is 12.0. The van der Waals surface area contributed by atoms with Crippen molar-refractivity contribution in [3.05, 3.63) is 29.3 Å². The highest BCUT2D eigenvalue weighted by atomic mass is 31.2. The minimum absolute atomic E-state index is 0.169. The van der Waals surface area contributed by atoms with Crippen molar-refractivity contribution in [2.75, 3.05) is 13.7 Å². The lowest BCUT2D eigenvalue weighted by Gasteiger charge is -2.30. The third kappa shape index (κ3) is 5.57. The highest BCUT2D eigenvalue weighted by Gasteiger charge is 2.40. The van der Waals surface area contributed by atoms with Gasteiger partial charge >= 0.3 is 13.7 Å². The Morgan fingerprint density at radius 2 is 1.65 bits per heavy atom. The van der Waals surface area contributed by atoms with Crippen LogP contribution < -0.4 is 9.61 Å². The van der Waals surface area contributed by atoms with E-state index in [4.69, 9.17) is 13.8 Å². The average Bonchev–Trinajstić information content (AvgIpc) is 2.52. The van der Waals surface area contributed by atoms with E-state index in [0.29, 0.717) is 5.75 Å². The highest BCUT2D eigenvalue weighted by molar-refractivity contribution is 7.52. The summed E-state index contributed by atoms with van der Waals surface area (Å²) in [4.78, 5) is 12.0. The smallest absolute Gasteiger partial charge is 0.459 e. The zero-order valence-electron chi connectivity index (χ0n) is 17.1. The molecule has 1 N–H and O–H groups in total. The fraction of sp³-hybridized carbons (Fsp3) is 0.632. The Morgan fingerprint density at radius 1 is 1.15 bits per heavy atom. The summed E-state index contributed by atoms with van der Waals surface area (Å²) < 4.78 is 29.6. The number of benzene rings is 1. The lowest BCUT2D eigenvalue weighted by atomic mass is 9.94. The quantitative estimate of drug-likeness (QED) is 0.476. The number of hydrogen-bond donors (Lipinski definition) is 1. The predicted octanol–water partition coefficient (Wildman–Crippen LogP) is 5.00. The van der Waals surface area contributed by atoms with E-state index in [1.165, 1.54) is 7.11 Å². The maximum atomic E-state index is 13.4. The van der Waals surface area contributed by atoms with Crippen molar-refractivity contribution >= 4 is 13.7 Å². The van der Waals surface area contributed by atoms with Crippen LogP contribution in [-0.2, 0) is 18.6 Å². The largest absolute Gasteiger partial charge is 0.468 e. The van der Waals surface area contributed by atoms with Crippen molar-refractivity contribution in [1.29, 1.82) is 0 Å². The fourth-order valence-corrected chi connectivity index (χ4v) is 4.33. The maximum absolute atomic E-state index is 13.4. The molecule has 1 atom stereocenters. The Balaban J connectivity index is 3.38. The van der Waals surface area contributed by atoms with E-state index in [0.717, 1.165) is 11.1 Å². The van der Waals surface area contributed by atoms with Crippen molar-refractivity contribution in [2.45, 2.75) is 65.8 Å². The molecule has 7 heteroatoms. The van der Waals surface area contributed by atoms with Crippen LogP contribution in [0.1, 0.15) is 71.4 Å². The number of carbonyl (C=O) groups is 1. The second-order valence-corrected chi connectivity index (χ2v) is 8.97. The summed E-state index contributed by atoms with van der Waals surface area (Å²) in [7, 11) is -2.53. The van der Waals surface area contributed by atoms with E-state index in [1.807, 2.05) is 45.9 Å². The second kappa shape index (κ2) is 9.03. The van der Waals surface area contributed by atoms with Crippen LogP contribution in [0.2, 0.25) is 0 Å². The second-order valence-electron chi connectivity index (χ2n) is 7.31. The van der Waals surface area contributed by atoms with Gasteiger partial charge < -0.3 is 9.26 Å². The summed E-state index contributed by atoms with van der Waals surface area (Å²) in [5.74, 6) is 0.337. The number of hydrogen-bond acceptors (Lipinski definition) is 5. The molecule has 6 nitrogen and oxygen atoms in total. The number of rotatable bonds is 9. The van der Waals surface area contributed by atoms with Gasteiger partial charge in [-0.3, -0.25) is 9.32 Å². The average molecular weight is 385 g/mol. The summed E-state index contributed by atoms with van der Waals surface area (Å²) in [5.41, 5.74) is 0.645. The first-order valence-corrected chi connectivity index (χ1v) is 10.5. The van der Waals surface area contributed by atoms with Crippen LogP contribution in [0, 0.1) is 0 Å². The number of ether oxygens (including phenoxy) is 1. The number of methoxy groups -OCH3 is 1. The molecular weight excluding hydrogens is 353 g/mol. The Hall–Kier alpha value is -1.36. The molecule has 0 aliphatic heterocycles. The maximum Gasteiger partial charge on any atom is 0.459 e. The molecule has 0 saturated carbocycles. The van der Waals surface area contributed by atoms with Gasteiger partial charge in [-0.05, 0) is 43.7 Å². The van der Waals surface area contributed by atoms with Gasteiger partial charge in [-0.2, -0.15) is 5.09 Å². The normalized spacial score (nSPS) is 14.4. The first kappa shape index (κ1) is 22.7. The van der Waals surface area contributed by atoms with Crippen LogP contribution in [0.3, 0.4) is 0 Å². The summed E-state index contributed by atoms with van der Waals surface area (Å²) in [5, 5.41) is 2.74. The van der Waals surface area contributed by atoms with E-state index < -0.39 is 19.3 Å². The molecule has 1 aromatic rings. The van der Waals surface area contributed by atoms with E-state index in [2.05, 4.69) is 5.09 Å². The van der Waals surface area contributed by atoms with Crippen LogP contribution >= 0.6 is 7.75 Å². The fourth-order valence-electron chi connectivity index (χ4n) is 2.60. The molecule has 0 aliphatic rings. The van der Waals surface area contributed by atoms with E-state index in [1.54, 1.807) is 20.8 Å². The van der Waals surface area contributed by atoms with Crippen molar-refractivity contribution in [3.8, 4) is 5.75 Å². The molecule has 0 aromatic heterocycles. The summed E-state index contributed by atoms with van der Waals surface area (Å²) in [6.07, 6.45) is 0. The molecule has 1 aromatic carbocycles. The van der Waals surface area contributed by atoms with Crippen molar-refractivity contribution in [2.24, 2.45) is 0 Å². The van der Waals surface area contributed by atoms with Gasteiger partial charge in [0.15, 0.2) is 0 Å². The lowest BCUT2D eigenvalue weighted by Crippen LogP contribution is -2.46. The van der Waals surface area contributed by atoms with E-state index in [9.17, 15) is 9.36 Å². The molecular formula is C19H32NO5P. The third-order valence-corrected chi connectivity index (χ3v) is 5.80. The molecule has 0 amide bonds. The zero-order valence-corrected chi connectivity index (χ0v) is 18.0. The Bertz CT molecular complexity index is 644. The predicted molar refractivity (Wildman–Crippen MR) is 104 cm³/mol. The first-order valence-electron chi connectivity index (χ1n) is 8.92. The summed E-state index contributed by atoms with van der Waals surface area (Å²) in [6.45, 7) is 13.2. The molecule has 148 valence electrons. The SMILES string of the molecule is CCOP(=O)(NC(C)(C)C(=O)OC)Oc1c(C(C)C)cccc1C(C)C.